The van der Waals surface area contributed by atoms with Gasteiger partial charge in [0, 0.05) is 43.9 Å². The first-order valence-electron chi connectivity index (χ1n) is 6.49. The Kier molecular flexibility index (Phi) is 4.89. The second kappa shape index (κ2) is 6.66. The van der Waals surface area contributed by atoms with Crippen molar-refractivity contribution in [3.8, 4) is 5.75 Å². The lowest BCUT2D eigenvalue weighted by atomic mass is 10.1. The summed E-state index contributed by atoms with van der Waals surface area (Å²) in [7, 11) is 1.80. The first kappa shape index (κ1) is 15.4. The summed E-state index contributed by atoms with van der Waals surface area (Å²) in [5, 5.41) is 10.8. The minimum atomic E-state index is -3.10. The quantitative estimate of drug-likeness (QED) is 0.597. The molecule has 0 aromatic heterocycles. The summed E-state index contributed by atoms with van der Waals surface area (Å²) < 4.78 is 34.2. The summed E-state index contributed by atoms with van der Waals surface area (Å²) in [5.74, 6) is -0.0633. The molecule has 8 heteroatoms. The van der Waals surface area contributed by atoms with Gasteiger partial charge in [-0.1, -0.05) is 0 Å². The van der Waals surface area contributed by atoms with E-state index < -0.39 is 23.0 Å². The van der Waals surface area contributed by atoms with Gasteiger partial charge in [-0.3, -0.25) is 10.1 Å². The third-order valence-electron chi connectivity index (χ3n) is 3.35. The number of nitro benzene ring substituents is 1. The molecule has 0 radical (unpaired) electrons. The highest BCUT2D eigenvalue weighted by Gasteiger charge is 2.22. The lowest BCUT2D eigenvalue weighted by molar-refractivity contribution is -0.386. The van der Waals surface area contributed by atoms with E-state index in [-0.39, 0.29) is 0 Å². The molecule has 1 aromatic rings. The molecular formula is C13H16F2N2O4. The Morgan fingerprint density at radius 3 is 2.90 bits per heavy atom. The fourth-order valence-electron chi connectivity index (χ4n) is 2.30. The van der Waals surface area contributed by atoms with Gasteiger partial charge in [-0.05, 0) is 12.5 Å². The SMILES string of the molecule is CN(C[C@H]1CCOC1)c1ccc([N+](=O)[O-])c(OC(F)F)c1. The van der Waals surface area contributed by atoms with E-state index in [0.717, 1.165) is 13.0 Å². The van der Waals surface area contributed by atoms with Crippen molar-refractivity contribution < 1.29 is 23.2 Å². The van der Waals surface area contributed by atoms with Gasteiger partial charge in [0.25, 0.3) is 0 Å². The van der Waals surface area contributed by atoms with E-state index in [9.17, 15) is 18.9 Å². The van der Waals surface area contributed by atoms with Crippen LogP contribution in [0.5, 0.6) is 5.75 Å². The molecule has 6 nitrogen and oxygen atoms in total. The van der Waals surface area contributed by atoms with Gasteiger partial charge in [-0.2, -0.15) is 8.78 Å². The van der Waals surface area contributed by atoms with Crippen LogP contribution in [0.15, 0.2) is 18.2 Å². The third kappa shape index (κ3) is 4.01. The molecule has 21 heavy (non-hydrogen) atoms. The van der Waals surface area contributed by atoms with Gasteiger partial charge in [-0.15, -0.1) is 0 Å². The predicted molar refractivity (Wildman–Crippen MR) is 71.9 cm³/mol. The molecule has 2 rings (SSSR count). The average molecular weight is 302 g/mol. The number of nitrogens with zero attached hydrogens (tertiary/aromatic N) is 2. The maximum absolute atomic E-state index is 12.3. The molecule has 0 spiro atoms. The Balaban J connectivity index is 2.17. The summed E-state index contributed by atoms with van der Waals surface area (Å²) in [4.78, 5) is 11.9. The van der Waals surface area contributed by atoms with Crippen LogP contribution in [0.3, 0.4) is 0 Å². The Hall–Kier alpha value is -1.96. The van der Waals surface area contributed by atoms with E-state index in [1.165, 1.54) is 18.2 Å². The molecule has 1 aromatic carbocycles. The minimum absolute atomic E-state index is 0.365. The normalized spacial score (nSPS) is 18.0. The van der Waals surface area contributed by atoms with Gasteiger partial charge in [0.15, 0.2) is 0 Å². The monoisotopic (exact) mass is 302 g/mol. The number of hydrogen-bond acceptors (Lipinski definition) is 5. The summed E-state index contributed by atoms with van der Waals surface area (Å²) in [6, 6.07) is 3.96. The molecule has 0 amide bonds. The highest BCUT2D eigenvalue weighted by atomic mass is 19.3. The van der Waals surface area contributed by atoms with E-state index in [0.29, 0.717) is 24.8 Å². The van der Waals surface area contributed by atoms with Crippen LogP contribution in [-0.2, 0) is 4.74 Å². The summed E-state index contributed by atoms with van der Waals surface area (Å²) in [5.41, 5.74) is 0.111. The van der Waals surface area contributed by atoms with E-state index in [2.05, 4.69) is 4.74 Å². The number of rotatable bonds is 6. The standard InChI is InChI=1S/C13H16F2N2O4/c1-16(7-9-4-5-20-8-9)10-2-3-11(17(18)19)12(6-10)21-13(14)15/h2-3,6,9,13H,4-5,7-8H2,1H3/t9-/m1/s1. The van der Waals surface area contributed by atoms with Crippen molar-refractivity contribution in [1.29, 1.82) is 0 Å². The molecule has 116 valence electrons. The number of alkyl halides is 2. The molecule has 0 N–H and O–H groups in total. The van der Waals surface area contributed by atoms with Crippen LogP contribution in [0, 0.1) is 16.0 Å². The molecule has 0 unspecified atom stereocenters. The number of nitro groups is 1. The Labute approximate surface area is 120 Å². The zero-order valence-corrected chi connectivity index (χ0v) is 11.5. The van der Waals surface area contributed by atoms with Crippen LogP contribution >= 0.6 is 0 Å². The van der Waals surface area contributed by atoms with Crippen LogP contribution in [0.2, 0.25) is 0 Å². The van der Waals surface area contributed by atoms with Crippen molar-refractivity contribution in [3.05, 3.63) is 28.3 Å². The molecule has 1 saturated heterocycles. The van der Waals surface area contributed by atoms with Crippen molar-refractivity contribution >= 4 is 11.4 Å². The molecule has 0 bridgehead atoms. The van der Waals surface area contributed by atoms with Gasteiger partial charge in [-0.25, -0.2) is 0 Å². The van der Waals surface area contributed by atoms with Crippen LogP contribution in [0.1, 0.15) is 6.42 Å². The molecule has 0 saturated carbocycles. The van der Waals surface area contributed by atoms with Crippen molar-refractivity contribution in [2.24, 2.45) is 5.92 Å². The number of ether oxygens (including phenoxy) is 2. The second-order valence-electron chi connectivity index (χ2n) is 4.90. The Morgan fingerprint density at radius 2 is 2.33 bits per heavy atom. The van der Waals surface area contributed by atoms with Gasteiger partial charge >= 0.3 is 12.3 Å². The molecule has 1 atom stereocenters. The van der Waals surface area contributed by atoms with Gasteiger partial charge in [0.05, 0.1) is 11.5 Å². The zero-order valence-electron chi connectivity index (χ0n) is 11.5. The van der Waals surface area contributed by atoms with Crippen LogP contribution in [0.25, 0.3) is 0 Å². The molecule has 1 fully saturated rings. The van der Waals surface area contributed by atoms with Gasteiger partial charge in [0.1, 0.15) is 0 Å². The van der Waals surface area contributed by atoms with Crippen LogP contribution < -0.4 is 9.64 Å². The predicted octanol–water partition coefficient (Wildman–Crippen LogP) is 2.67. The van der Waals surface area contributed by atoms with Crippen molar-refractivity contribution in [2.45, 2.75) is 13.0 Å². The highest BCUT2D eigenvalue weighted by molar-refractivity contribution is 5.59. The van der Waals surface area contributed by atoms with E-state index >= 15 is 0 Å². The first-order chi connectivity index (χ1) is 9.97. The summed E-state index contributed by atoms with van der Waals surface area (Å²) in [6.45, 7) is -1.03. The van der Waals surface area contributed by atoms with E-state index in [4.69, 9.17) is 4.74 Å². The minimum Gasteiger partial charge on any atom is -0.427 e. The van der Waals surface area contributed by atoms with Crippen molar-refractivity contribution in [3.63, 3.8) is 0 Å². The maximum Gasteiger partial charge on any atom is 0.387 e. The molecule has 0 aliphatic carbocycles. The number of hydrogen-bond donors (Lipinski definition) is 0. The average Bonchev–Trinajstić information content (AvgIpc) is 2.90. The topological polar surface area (TPSA) is 64.8 Å². The smallest absolute Gasteiger partial charge is 0.387 e. The fourth-order valence-corrected chi connectivity index (χ4v) is 2.30. The number of halogens is 2. The van der Waals surface area contributed by atoms with E-state index in [1.54, 1.807) is 7.05 Å². The van der Waals surface area contributed by atoms with E-state index in [1.807, 2.05) is 4.90 Å². The zero-order chi connectivity index (χ0) is 15.4. The van der Waals surface area contributed by atoms with Crippen LogP contribution in [0.4, 0.5) is 20.2 Å². The van der Waals surface area contributed by atoms with Crippen molar-refractivity contribution in [2.75, 3.05) is 31.7 Å². The molecule has 1 aliphatic heterocycles. The largest absolute Gasteiger partial charge is 0.427 e. The summed E-state index contributed by atoms with van der Waals surface area (Å²) >= 11 is 0. The number of benzene rings is 1. The first-order valence-corrected chi connectivity index (χ1v) is 6.49. The maximum atomic E-state index is 12.3. The third-order valence-corrected chi connectivity index (χ3v) is 3.35. The number of anilines is 1. The van der Waals surface area contributed by atoms with Gasteiger partial charge < -0.3 is 14.4 Å². The fraction of sp³-hybridized carbons (Fsp3) is 0.538. The molecular weight excluding hydrogens is 286 g/mol. The second-order valence-corrected chi connectivity index (χ2v) is 4.90. The highest BCUT2D eigenvalue weighted by Crippen LogP contribution is 2.33. The summed E-state index contributed by atoms with van der Waals surface area (Å²) in [6.07, 6.45) is 0.942. The lowest BCUT2D eigenvalue weighted by Gasteiger charge is -2.22. The van der Waals surface area contributed by atoms with Crippen LogP contribution in [-0.4, -0.2) is 38.3 Å². The molecule has 1 aliphatic rings. The Morgan fingerprint density at radius 1 is 1.57 bits per heavy atom. The van der Waals surface area contributed by atoms with Crippen molar-refractivity contribution in [1.82, 2.24) is 0 Å². The Bertz CT molecular complexity index is 507. The lowest BCUT2D eigenvalue weighted by Crippen LogP contribution is -2.25. The van der Waals surface area contributed by atoms with Gasteiger partial charge in [0.2, 0.25) is 5.75 Å². The molecule has 1 heterocycles.